The number of carbonyl (C=O) groups is 1. The van der Waals surface area contributed by atoms with Crippen molar-refractivity contribution >= 4 is 5.91 Å². The van der Waals surface area contributed by atoms with E-state index in [4.69, 9.17) is 11.5 Å². The summed E-state index contributed by atoms with van der Waals surface area (Å²) in [5, 5.41) is 10.2. The minimum atomic E-state index is -0.143. The Morgan fingerprint density at radius 2 is 1.56 bits per heavy atom. The molecule has 4 fully saturated rings. The Morgan fingerprint density at radius 3 is 2.15 bits per heavy atom. The standard InChI is InChI=1S/C24H41NO2.C6H15N/c1-15(4-9-22(25)27)19-7-8-20-18-6-5-16-14-17(26)10-12-23(16,2)21(18)11-13-24(19,20)3;1-5(7)6(2,3)4/h15-21,26H,4-14H2,1-3H3,(H2,25,27);5H,7H2,1-4H3/t15-,16-,17-,18+,19-,20+,21+,23+,24-;/m1./s1. The number of primary amides is 1. The van der Waals surface area contributed by atoms with E-state index in [1.54, 1.807) is 0 Å². The fraction of sp³-hybridized carbons (Fsp3) is 0.967. The zero-order chi connectivity index (χ0) is 25.5. The van der Waals surface area contributed by atoms with Gasteiger partial charge in [-0.2, -0.15) is 0 Å². The molecule has 0 radical (unpaired) electrons. The second kappa shape index (κ2) is 10.4. The topological polar surface area (TPSA) is 89.3 Å². The number of rotatable bonds is 4. The molecule has 198 valence electrons. The maximum Gasteiger partial charge on any atom is 0.217 e. The third-order valence-electron chi connectivity index (χ3n) is 11.6. The van der Waals surface area contributed by atoms with Gasteiger partial charge in [0.25, 0.3) is 0 Å². The summed E-state index contributed by atoms with van der Waals surface area (Å²) in [6, 6.07) is 0.299. The molecule has 0 aliphatic heterocycles. The summed E-state index contributed by atoms with van der Waals surface area (Å²) in [7, 11) is 0. The van der Waals surface area contributed by atoms with Gasteiger partial charge in [-0.15, -0.1) is 0 Å². The van der Waals surface area contributed by atoms with Crippen molar-refractivity contribution in [2.24, 2.45) is 63.2 Å². The van der Waals surface area contributed by atoms with Gasteiger partial charge in [-0.1, -0.05) is 41.5 Å². The molecule has 0 aromatic carbocycles. The number of nitrogens with two attached hydrogens (primary N) is 2. The average molecular weight is 477 g/mol. The molecule has 4 nitrogen and oxygen atoms in total. The van der Waals surface area contributed by atoms with Gasteiger partial charge in [-0.25, -0.2) is 0 Å². The van der Waals surface area contributed by atoms with E-state index in [2.05, 4.69) is 41.5 Å². The highest BCUT2D eigenvalue weighted by Gasteiger charge is 2.60. The Balaban J connectivity index is 0.000000406. The first-order valence-electron chi connectivity index (χ1n) is 14.4. The van der Waals surface area contributed by atoms with Gasteiger partial charge in [0.2, 0.25) is 5.91 Å². The number of carbonyl (C=O) groups excluding carboxylic acids is 1. The van der Waals surface area contributed by atoms with Crippen LogP contribution in [0.4, 0.5) is 0 Å². The van der Waals surface area contributed by atoms with Crippen molar-refractivity contribution in [3.8, 4) is 0 Å². The Hall–Kier alpha value is -0.610. The molecule has 4 rings (SSSR count). The van der Waals surface area contributed by atoms with Crippen LogP contribution in [0.3, 0.4) is 0 Å². The third kappa shape index (κ3) is 5.53. The lowest BCUT2D eigenvalue weighted by atomic mass is 9.44. The Bertz CT molecular complexity index is 700. The Labute approximate surface area is 210 Å². The zero-order valence-corrected chi connectivity index (χ0v) is 23.4. The first kappa shape index (κ1) is 28.0. The van der Waals surface area contributed by atoms with Crippen LogP contribution in [0.15, 0.2) is 0 Å². The summed E-state index contributed by atoms with van der Waals surface area (Å²) in [5.41, 5.74) is 12.2. The van der Waals surface area contributed by atoms with Crippen LogP contribution in [0.5, 0.6) is 0 Å². The van der Waals surface area contributed by atoms with E-state index in [1.165, 1.54) is 44.9 Å². The molecule has 1 unspecified atom stereocenters. The maximum atomic E-state index is 11.3. The monoisotopic (exact) mass is 476 g/mol. The van der Waals surface area contributed by atoms with Gasteiger partial charge >= 0.3 is 0 Å². The summed E-state index contributed by atoms with van der Waals surface area (Å²) in [4.78, 5) is 11.3. The molecule has 10 atom stereocenters. The predicted octanol–water partition coefficient (Wildman–Crippen LogP) is 6.29. The molecule has 4 heteroatoms. The number of amides is 1. The van der Waals surface area contributed by atoms with E-state index >= 15 is 0 Å². The van der Waals surface area contributed by atoms with Crippen LogP contribution in [-0.4, -0.2) is 23.2 Å². The summed E-state index contributed by atoms with van der Waals surface area (Å²) in [6.45, 7) is 16.0. The van der Waals surface area contributed by atoms with Crippen molar-refractivity contribution in [3.63, 3.8) is 0 Å². The van der Waals surface area contributed by atoms with Crippen molar-refractivity contribution in [2.75, 3.05) is 0 Å². The fourth-order valence-corrected chi connectivity index (χ4v) is 8.78. The molecular formula is C30H56N2O2. The molecule has 0 heterocycles. The second-order valence-electron chi connectivity index (χ2n) is 14.5. The fourth-order valence-electron chi connectivity index (χ4n) is 8.78. The molecular weight excluding hydrogens is 420 g/mol. The van der Waals surface area contributed by atoms with Crippen molar-refractivity contribution in [1.82, 2.24) is 0 Å². The van der Waals surface area contributed by atoms with E-state index in [0.29, 0.717) is 29.2 Å². The largest absolute Gasteiger partial charge is 0.393 e. The van der Waals surface area contributed by atoms with Crippen LogP contribution >= 0.6 is 0 Å². The van der Waals surface area contributed by atoms with Crippen molar-refractivity contribution < 1.29 is 9.90 Å². The van der Waals surface area contributed by atoms with Crippen LogP contribution in [0, 0.1) is 51.8 Å². The molecule has 0 spiro atoms. The van der Waals surface area contributed by atoms with Crippen LogP contribution in [0.1, 0.15) is 119 Å². The van der Waals surface area contributed by atoms with E-state index in [0.717, 1.165) is 48.9 Å². The molecule has 34 heavy (non-hydrogen) atoms. The first-order valence-corrected chi connectivity index (χ1v) is 14.4. The lowest BCUT2D eigenvalue weighted by Gasteiger charge is -2.61. The molecule has 4 aliphatic rings. The molecule has 0 saturated heterocycles. The Kier molecular flexibility index (Phi) is 8.56. The smallest absolute Gasteiger partial charge is 0.217 e. The number of fused-ring (bicyclic) bond motifs is 5. The first-order chi connectivity index (χ1) is 15.7. The summed E-state index contributed by atoms with van der Waals surface area (Å²) in [5.74, 6) is 4.63. The van der Waals surface area contributed by atoms with Crippen LogP contribution in [0.25, 0.3) is 0 Å². The molecule has 0 aromatic heterocycles. The number of aliphatic hydroxyl groups excluding tert-OH is 1. The van der Waals surface area contributed by atoms with Gasteiger partial charge < -0.3 is 16.6 Å². The summed E-state index contributed by atoms with van der Waals surface area (Å²) >= 11 is 0. The quantitative estimate of drug-likeness (QED) is 0.445. The normalized spacial score (nSPS) is 43.4. The van der Waals surface area contributed by atoms with Crippen molar-refractivity contribution in [2.45, 2.75) is 131 Å². The van der Waals surface area contributed by atoms with Crippen molar-refractivity contribution in [1.29, 1.82) is 0 Å². The highest BCUT2D eigenvalue weighted by molar-refractivity contribution is 5.73. The van der Waals surface area contributed by atoms with Gasteiger partial charge in [0.05, 0.1) is 6.10 Å². The highest BCUT2D eigenvalue weighted by Crippen LogP contribution is 2.68. The molecule has 5 N–H and O–H groups in total. The number of hydrogen-bond donors (Lipinski definition) is 3. The van der Waals surface area contributed by atoms with E-state index in [-0.39, 0.29) is 17.4 Å². The Morgan fingerprint density at radius 1 is 0.971 bits per heavy atom. The van der Waals surface area contributed by atoms with Gasteiger partial charge in [-0.3, -0.25) is 4.79 Å². The van der Waals surface area contributed by atoms with Gasteiger partial charge in [0.1, 0.15) is 0 Å². The minimum absolute atomic E-state index is 0.0459. The second-order valence-corrected chi connectivity index (χ2v) is 14.5. The number of hydrogen-bond acceptors (Lipinski definition) is 3. The zero-order valence-electron chi connectivity index (χ0n) is 23.4. The molecule has 4 aliphatic carbocycles. The van der Waals surface area contributed by atoms with Gasteiger partial charge in [-0.05, 0) is 123 Å². The van der Waals surface area contributed by atoms with Gasteiger partial charge in [0, 0.05) is 12.5 Å². The average Bonchev–Trinajstić information content (AvgIpc) is 3.09. The lowest BCUT2D eigenvalue weighted by molar-refractivity contribution is -0.129. The van der Waals surface area contributed by atoms with E-state index in [1.807, 2.05) is 6.92 Å². The van der Waals surface area contributed by atoms with Gasteiger partial charge in [0.15, 0.2) is 0 Å². The lowest BCUT2D eigenvalue weighted by Crippen LogP contribution is -2.54. The molecule has 0 bridgehead atoms. The third-order valence-corrected chi connectivity index (χ3v) is 11.6. The minimum Gasteiger partial charge on any atom is -0.393 e. The van der Waals surface area contributed by atoms with Crippen molar-refractivity contribution in [3.05, 3.63) is 0 Å². The van der Waals surface area contributed by atoms with E-state index in [9.17, 15) is 9.90 Å². The maximum absolute atomic E-state index is 11.3. The van der Waals surface area contributed by atoms with Crippen LogP contribution in [-0.2, 0) is 4.79 Å². The highest BCUT2D eigenvalue weighted by atomic mass is 16.3. The van der Waals surface area contributed by atoms with Crippen LogP contribution < -0.4 is 11.5 Å². The SMILES string of the molecule is CC(N)C(C)(C)C.C[C@H](CCC(N)=O)[C@H]1CC[C@H]2[C@@H]3CC[C@@H]4C[C@H](O)CC[C@]4(C)[C@H]3CC[C@]12C. The molecule has 4 saturated carbocycles. The summed E-state index contributed by atoms with van der Waals surface area (Å²) in [6.07, 6.45) is 13.0. The predicted molar refractivity (Wildman–Crippen MR) is 142 cm³/mol. The van der Waals surface area contributed by atoms with E-state index < -0.39 is 0 Å². The van der Waals surface area contributed by atoms with Crippen LogP contribution in [0.2, 0.25) is 0 Å². The summed E-state index contributed by atoms with van der Waals surface area (Å²) < 4.78 is 0. The molecule has 1 amide bonds. The number of aliphatic hydroxyl groups is 1. The molecule has 0 aromatic rings.